The van der Waals surface area contributed by atoms with Gasteiger partial charge in [0.2, 0.25) is 0 Å². The monoisotopic (exact) mass is 534 g/mol. The van der Waals surface area contributed by atoms with E-state index in [0.717, 1.165) is 10.0 Å². The summed E-state index contributed by atoms with van der Waals surface area (Å²) in [5.74, 6) is -0.263. The van der Waals surface area contributed by atoms with Crippen molar-refractivity contribution in [2.75, 3.05) is 5.32 Å². The number of carbonyl (C=O) groups is 1. The highest BCUT2D eigenvalue weighted by molar-refractivity contribution is 9.10. The van der Waals surface area contributed by atoms with Crippen LogP contribution in [0.2, 0.25) is 15.1 Å². The number of ether oxygens (including phenoxy) is 1. The van der Waals surface area contributed by atoms with Crippen LogP contribution in [-0.4, -0.2) is 5.91 Å². The Kier molecular flexibility index (Phi) is 8.00. The lowest BCUT2D eigenvalue weighted by atomic mass is 10.1. The zero-order valence-corrected chi connectivity index (χ0v) is 19.7. The number of hydrogen-bond donors (Lipinski definition) is 1. The van der Waals surface area contributed by atoms with E-state index in [1.807, 2.05) is 30.3 Å². The van der Waals surface area contributed by atoms with Gasteiger partial charge in [-0.15, -0.1) is 0 Å². The molecule has 1 amide bonds. The molecule has 0 heterocycles. The predicted molar refractivity (Wildman–Crippen MR) is 129 cm³/mol. The SMILES string of the molecule is N#C/C(=C\c1cc(Cl)cc(Cl)c1OCc1ccc(Br)cc1)C(=O)Nc1ccc(Cl)cc1. The van der Waals surface area contributed by atoms with Gasteiger partial charge in [-0.1, -0.05) is 62.9 Å². The number of anilines is 1. The van der Waals surface area contributed by atoms with Crippen LogP contribution in [0.1, 0.15) is 11.1 Å². The highest BCUT2D eigenvalue weighted by Crippen LogP contribution is 2.34. The van der Waals surface area contributed by atoms with Gasteiger partial charge in [0.1, 0.15) is 24.0 Å². The molecule has 0 aliphatic carbocycles. The van der Waals surface area contributed by atoms with E-state index in [4.69, 9.17) is 39.5 Å². The molecule has 31 heavy (non-hydrogen) atoms. The summed E-state index contributed by atoms with van der Waals surface area (Å²) in [4.78, 5) is 12.6. The number of hydrogen-bond acceptors (Lipinski definition) is 3. The van der Waals surface area contributed by atoms with E-state index in [2.05, 4.69) is 21.2 Å². The highest BCUT2D eigenvalue weighted by atomic mass is 79.9. The summed E-state index contributed by atoms with van der Waals surface area (Å²) in [6, 6.07) is 19.2. The summed E-state index contributed by atoms with van der Waals surface area (Å²) < 4.78 is 6.85. The molecule has 0 fully saturated rings. The number of nitrogens with zero attached hydrogens (tertiary/aromatic N) is 1. The third-order valence-corrected chi connectivity index (χ3v) is 5.38. The van der Waals surface area contributed by atoms with Crippen molar-refractivity contribution in [3.63, 3.8) is 0 Å². The summed E-state index contributed by atoms with van der Waals surface area (Å²) in [5, 5.41) is 13.3. The third kappa shape index (κ3) is 6.49. The van der Waals surface area contributed by atoms with E-state index >= 15 is 0 Å². The van der Waals surface area contributed by atoms with Gasteiger partial charge in [-0.05, 0) is 60.2 Å². The van der Waals surface area contributed by atoms with Gasteiger partial charge in [-0.25, -0.2) is 0 Å². The van der Waals surface area contributed by atoms with Crippen LogP contribution in [0.25, 0.3) is 6.08 Å². The molecule has 0 aliphatic rings. The molecule has 0 aliphatic heterocycles. The lowest BCUT2D eigenvalue weighted by Gasteiger charge is -2.13. The molecule has 0 spiro atoms. The zero-order chi connectivity index (χ0) is 22.4. The number of nitriles is 1. The summed E-state index contributed by atoms with van der Waals surface area (Å²) in [6.07, 6.45) is 1.39. The molecule has 3 aromatic carbocycles. The minimum absolute atomic E-state index is 0.137. The standard InChI is InChI=1S/C23H14BrCl3N2O2/c24-17-3-1-14(2-4-17)13-31-22-15(10-19(26)11-21(22)27)9-16(12-28)23(30)29-20-7-5-18(25)6-8-20/h1-11H,13H2,(H,29,30)/b16-9+. The maximum Gasteiger partial charge on any atom is 0.266 e. The fraction of sp³-hybridized carbons (Fsp3) is 0.0435. The first kappa shape index (κ1) is 23.2. The quantitative estimate of drug-likeness (QED) is 0.262. The summed E-state index contributed by atoms with van der Waals surface area (Å²) in [5.41, 5.74) is 1.70. The summed E-state index contributed by atoms with van der Waals surface area (Å²) in [7, 11) is 0. The Morgan fingerprint density at radius 1 is 1.03 bits per heavy atom. The smallest absolute Gasteiger partial charge is 0.266 e. The van der Waals surface area contributed by atoms with Crippen LogP contribution in [0.5, 0.6) is 5.75 Å². The molecule has 0 bridgehead atoms. The summed E-state index contributed by atoms with van der Waals surface area (Å²) >= 11 is 21.7. The zero-order valence-electron chi connectivity index (χ0n) is 15.8. The first-order valence-corrected chi connectivity index (χ1v) is 10.8. The molecule has 0 unspecified atom stereocenters. The highest BCUT2D eigenvalue weighted by Gasteiger charge is 2.15. The van der Waals surface area contributed by atoms with Crippen LogP contribution in [0, 0.1) is 11.3 Å². The Morgan fingerprint density at radius 3 is 2.35 bits per heavy atom. The minimum atomic E-state index is -0.584. The topological polar surface area (TPSA) is 62.1 Å². The Hall–Kier alpha value is -2.49. The first-order valence-electron chi connectivity index (χ1n) is 8.90. The average Bonchev–Trinajstić information content (AvgIpc) is 2.74. The molecule has 3 rings (SSSR count). The largest absolute Gasteiger partial charge is 0.487 e. The normalized spacial score (nSPS) is 11.0. The molecule has 0 saturated heterocycles. The van der Waals surface area contributed by atoms with Gasteiger partial charge < -0.3 is 10.1 Å². The molecular weight excluding hydrogens is 523 g/mol. The van der Waals surface area contributed by atoms with Crippen LogP contribution in [0.3, 0.4) is 0 Å². The molecule has 3 aromatic rings. The van der Waals surface area contributed by atoms with E-state index in [0.29, 0.717) is 27.0 Å². The van der Waals surface area contributed by atoms with Gasteiger partial charge in [-0.3, -0.25) is 4.79 Å². The minimum Gasteiger partial charge on any atom is -0.487 e. The van der Waals surface area contributed by atoms with Crippen molar-refractivity contribution in [2.24, 2.45) is 0 Å². The predicted octanol–water partition coefficient (Wildman–Crippen LogP) is 7.53. The van der Waals surface area contributed by atoms with Crippen LogP contribution in [-0.2, 0) is 11.4 Å². The van der Waals surface area contributed by atoms with Crippen molar-refractivity contribution in [3.05, 3.63) is 96.9 Å². The van der Waals surface area contributed by atoms with Crippen LogP contribution < -0.4 is 10.1 Å². The third-order valence-electron chi connectivity index (χ3n) is 4.10. The van der Waals surface area contributed by atoms with Gasteiger partial charge in [0.05, 0.1) is 5.02 Å². The van der Waals surface area contributed by atoms with Gasteiger partial charge in [0.15, 0.2) is 0 Å². The molecule has 0 radical (unpaired) electrons. The van der Waals surface area contributed by atoms with E-state index in [9.17, 15) is 10.1 Å². The second-order valence-electron chi connectivity index (χ2n) is 6.35. The Balaban J connectivity index is 1.87. The van der Waals surface area contributed by atoms with E-state index in [1.165, 1.54) is 12.1 Å². The van der Waals surface area contributed by atoms with Crippen LogP contribution in [0.15, 0.2) is 70.7 Å². The van der Waals surface area contributed by atoms with Gasteiger partial charge >= 0.3 is 0 Å². The number of halogens is 4. The average molecular weight is 537 g/mol. The van der Waals surface area contributed by atoms with Crippen molar-refractivity contribution < 1.29 is 9.53 Å². The Morgan fingerprint density at radius 2 is 1.71 bits per heavy atom. The molecule has 1 N–H and O–H groups in total. The number of amides is 1. The number of benzene rings is 3. The maximum atomic E-state index is 12.6. The van der Waals surface area contributed by atoms with E-state index in [-0.39, 0.29) is 17.2 Å². The molecule has 0 saturated carbocycles. The summed E-state index contributed by atoms with van der Waals surface area (Å²) in [6.45, 7) is 0.244. The molecule has 156 valence electrons. The number of rotatable bonds is 6. The Labute approximate surface area is 203 Å². The van der Waals surface area contributed by atoms with Gasteiger partial charge in [0, 0.05) is 25.8 Å². The first-order chi connectivity index (χ1) is 14.9. The fourth-order valence-corrected chi connectivity index (χ4v) is 3.57. The second kappa shape index (κ2) is 10.7. The molecule has 8 heteroatoms. The lowest BCUT2D eigenvalue weighted by Crippen LogP contribution is -2.13. The molecule has 0 aromatic heterocycles. The van der Waals surface area contributed by atoms with Crippen LogP contribution >= 0.6 is 50.7 Å². The van der Waals surface area contributed by atoms with Crippen molar-refractivity contribution in [1.82, 2.24) is 0 Å². The van der Waals surface area contributed by atoms with E-state index in [1.54, 1.807) is 30.3 Å². The molecule has 4 nitrogen and oxygen atoms in total. The van der Waals surface area contributed by atoms with E-state index < -0.39 is 5.91 Å². The van der Waals surface area contributed by atoms with Crippen molar-refractivity contribution in [2.45, 2.75) is 6.61 Å². The maximum absolute atomic E-state index is 12.6. The number of carbonyl (C=O) groups excluding carboxylic acids is 1. The van der Waals surface area contributed by atoms with Crippen molar-refractivity contribution in [3.8, 4) is 11.8 Å². The Bertz CT molecular complexity index is 1170. The molecular formula is C23H14BrCl3N2O2. The lowest BCUT2D eigenvalue weighted by molar-refractivity contribution is -0.112. The fourth-order valence-electron chi connectivity index (χ4n) is 2.61. The second-order valence-corrected chi connectivity index (χ2v) is 8.55. The van der Waals surface area contributed by atoms with Crippen LogP contribution in [0.4, 0.5) is 5.69 Å². The number of nitrogens with one attached hydrogen (secondary N) is 1. The van der Waals surface area contributed by atoms with Crippen molar-refractivity contribution in [1.29, 1.82) is 5.26 Å². The van der Waals surface area contributed by atoms with Gasteiger partial charge in [-0.2, -0.15) is 5.26 Å². The van der Waals surface area contributed by atoms with Crippen molar-refractivity contribution >= 4 is 68.4 Å². The van der Waals surface area contributed by atoms with Gasteiger partial charge in [0.25, 0.3) is 5.91 Å². The molecule has 0 atom stereocenters.